The van der Waals surface area contributed by atoms with Crippen molar-refractivity contribution >= 4 is 23.1 Å². The van der Waals surface area contributed by atoms with Crippen molar-refractivity contribution in [2.24, 2.45) is 4.99 Å². The number of ether oxygens (including phenoxy) is 1. The summed E-state index contributed by atoms with van der Waals surface area (Å²) in [6, 6.07) is 9.74. The Morgan fingerprint density at radius 2 is 2.04 bits per heavy atom. The summed E-state index contributed by atoms with van der Waals surface area (Å²) in [5, 5.41) is 5.87. The molecule has 6 heteroatoms. The summed E-state index contributed by atoms with van der Waals surface area (Å²) in [4.78, 5) is 21.5. The average molecular weight is 327 g/mol. The third-order valence-electron chi connectivity index (χ3n) is 3.86. The lowest BCUT2D eigenvalue weighted by molar-refractivity contribution is -0.137. The van der Waals surface area contributed by atoms with Crippen LogP contribution in [0.1, 0.15) is 24.4 Å². The molecule has 2 heterocycles. The van der Waals surface area contributed by atoms with Gasteiger partial charge >= 0.3 is 5.97 Å². The molecule has 1 aromatic carbocycles. The Hall–Kier alpha value is -2.47. The number of nitrogens with zero attached hydrogens (tertiary/aromatic N) is 2. The molecular weight excluding hydrogens is 310 g/mol. The third-order valence-corrected chi connectivity index (χ3v) is 4.64. The summed E-state index contributed by atoms with van der Waals surface area (Å²) < 4.78 is 4.98. The largest absolute Gasteiger partial charge is 0.466 e. The lowest BCUT2D eigenvalue weighted by Crippen LogP contribution is -2.40. The summed E-state index contributed by atoms with van der Waals surface area (Å²) in [6.45, 7) is 3.78. The van der Waals surface area contributed by atoms with Crippen molar-refractivity contribution in [2.75, 3.05) is 7.11 Å². The molecule has 1 aromatic heterocycles. The molecule has 0 saturated heterocycles. The van der Waals surface area contributed by atoms with E-state index in [1.165, 1.54) is 18.4 Å². The SMILES string of the molecule is COC(=O)C1=C(C)NC(c2nccs2)=NC1(C)c1ccccc1. The summed E-state index contributed by atoms with van der Waals surface area (Å²) in [6.07, 6.45) is 1.74. The van der Waals surface area contributed by atoms with E-state index in [1.54, 1.807) is 6.20 Å². The summed E-state index contributed by atoms with van der Waals surface area (Å²) >= 11 is 1.50. The fourth-order valence-electron chi connectivity index (χ4n) is 2.78. The quantitative estimate of drug-likeness (QED) is 0.881. The van der Waals surface area contributed by atoms with Gasteiger partial charge in [-0.2, -0.15) is 0 Å². The van der Waals surface area contributed by atoms with Gasteiger partial charge in [0.25, 0.3) is 0 Å². The maximum Gasteiger partial charge on any atom is 0.338 e. The predicted molar refractivity (Wildman–Crippen MR) is 90.3 cm³/mol. The van der Waals surface area contributed by atoms with Gasteiger partial charge in [-0.1, -0.05) is 30.3 Å². The van der Waals surface area contributed by atoms with Gasteiger partial charge in [-0.15, -0.1) is 11.3 Å². The molecule has 1 unspecified atom stereocenters. The van der Waals surface area contributed by atoms with E-state index in [4.69, 9.17) is 9.73 Å². The Kier molecular flexibility index (Phi) is 4.00. The maximum absolute atomic E-state index is 12.4. The first-order chi connectivity index (χ1) is 11.1. The van der Waals surface area contributed by atoms with E-state index in [0.29, 0.717) is 11.4 Å². The predicted octanol–water partition coefficient (Wildman–Crippen LogP) is 2.86. The van der Waals surface area contributed by atoms with Crippen LogP contribution in [0, 0.1) is 0 Å². The molecule has 1 aliphatic heterocycles. The zero-order chi connectivity index (χ0) is 16.4. The zero-order valence-electron chi connectivity index (χ0n) is 13.2. The van der Waals surface area contributed by atoms with Crippen molar-refractivity contribution in [2.45, 2.75) is 19.4 Å². The third kappa shape index (κ3) is 2.66. The number of esters is 1. The van der Waals surface area contributed by atoms with Crippen LogP contribution < -0.4 is 5.32 Å². The minimum atomic E-state index is -0.829. The second kappa shape index (κ2) is 5.96. The average Bonchev–Trinajstić information content (AvgIpc) is 3.09. The number of amidine groups is 1. The molecule has 0 saturated carbocycles. The number of hydrogen-bond acceptors (Lipinski definition) is 6. The van der Waals surface area contributed by atoms with Gasteiger partial charge in [-0.3, -0.25) is 0 Å². The molecule has 0 radical (unpaired) electrons. The summed E-state index contributed by atoms with van der Waals surface area (Å²) in [5.41, 5.74) is 1.33. The molecule has 1 N–H and O–H groups in total. The molecule has 0 aliphatic carbocycles. The highest BCUT2D eigenvalue weighted by atomic mass is 32.1. The van der Waals surface area contributed by atoms with Gasteiger partial charge in [-0.25, -0.2) is 14.8 Å². The zero-order valence-corrected chi connectivity index (χ0v) is 14.0. The number of aliphatic imine (C=N–C) groups is 1. The normalized spacial score (nSPS) is 20.7. The number of hydrogen-bond donors (Lipinski definition) is 1. The Morgan fingerprint density at radius 3 is 2.65 bits per heavy atom. The van der Waals surface area contributed by atoms with Crippen molar-refractivity contribution in [1.82, 2.24) is 10.3 Å². The highest BCUT2D eigenvalue weighted by molar-refractivity contribution is 7.11. The van der Waals surface area contributed by atoms with E-state index in [9.17, 15) is 4.79 Å². The van der Waals surface area contributed by atoms with Gasteiger partial charge < -0.3 is 10.1 Å². The van der Waals surface area contributed by atoms with E-state index >= 15 is 0 Å². The number of rotatable bonds is 3. The first kappa shape index (κ1) is 15.4. The van der Waals surface area contributed by atoms with Crippen LogP contribution in [0.3, 0.4) is 0 Å². The smallest absolute Gasteiger partial charge is 0.338 e. The van der Waals surface area contributed by atoms with Gasteiger partial charge in [0.1, 0.15) is 5.54 Å². The first-order valence-corrected chi connectivity index (χ1v) is 8.06. The van der Waals surface area contributed by atoms with Gasteiger partial charge in [0, 0.05) is 17.3 Å². The van der Waals surface area contributed by atoms with E-state index < -0.39 is 5.54 Å². The fourth-order valence-corrected chi connectivity index (χ4v) is 3.36. The van der Waals surface area contributed by atoms with Crippen LogP contribution in [0.5, 0.6) is 0 Å². The molecule has 3 rings (SSSR count). The molecule has 0 amide bonds. The van der Waals surface area contributed by atoms with Crippen LogP contribution in [0.25, 0.3) is 0 Å². The van der Waals surface area contributed by atoms with Crippen molar-refractivity contribution < 1.29 is 9.53 Å². The summed E-state index contributed by atoms with van der Waals surface area (Å²) in [5.74, 6) is 0.278. The highest BCUT2D eigenvalue weighted by Gasteiger charge is 2.41. The Balaban J connectivity index is 2.19. The fraction of sp³-hybridized carbons (Fsp3) is 0.235. The van der Waals surface area contributed by atoms with Crippen LogP contribution in [0.4, 0.5) is 0 Å². The molecular formula is C17H17N3O2S. The summed E-state index contributed by atoms with van der Waals surface area (Å²) in [7, 11) is 1.38. The number of allylic oxidation sites excluding steroid dienone is 1. The number of methoxy groups -OCH3 is 1. The number of nitrogens with one attached hydrogen (secondary N) is 1. The molecule has 5 nitrogen and oxygen atoms in total. The van der Waals surface area contributed by atoms with Crippen molar-refractivity contribution in [1.29, 1.82) is 0 Å². The topological polar surface area (TPSA) is 63.6 Å². The number of aromatic nitrogens is 1. The van der Waals surface area contributed by atoms with E-state index in [2.05, 4.69) is 10.3 Å². The van der Waals surface area contributed by atoms with Crippen molar-refractivity contribution in [3.63, 3.8) is 0 Å². The van der Waals surface area contributed by atoms with Crippen LogP contribution >= 0.6 is 11.3 Å². The highest BCUT2D eigenvalue weighted by Crippen LogP contribution is 2.38. The van der Waals surface area contributed by atoms with E-state index in [-0.39, 0.29) is 5.97 Å². The molecule has 0 spiro atoms. The van der Waals surface area contributed by atoms with Crippen molar-refractivity contribution in [3.8, 4) is 0 Å². The van der Waals surface area contributed by atoms with Crippen molar-refractivity contribution in [3.05, 3.63) is 63.7 Å². The first-order valence-electron chi connectivity index (χ1n) is 7.18. The standard InChI is InChI=1S/C17H17N3O2S/c1-11-13(16(21)22-3)17(2,12-7-5-4-6-8-12)20-14(19-11)15-18-9-10-23-15/h4-10H,1-3H3,(H,19,20). The Morgan fingerprint density at radius 1 is 1.30 bits per heavy atom. The van der Waals surface area contributed by atoms with Gasteiger partial charge in [0.05, 0.1) is 12.7 Å². The van der Waals surface area contributed by atoms with Gasteiger partial charge in [0.2, 0.25) is 0 Å². The van der Waals surface area contributed by atoms with E-state index in [0.717, 1.165) is 16.3 Å². The number of carbonyl (C=O) groups excluding carboxylic acids is 1. The Labute approximate surface area is 138 Å². The number of benzene rings is 1. The number of thiazole rings is 1. The maximum atomic E-state index is 12.4. The molecule has 1 aliphatic rings. The van der Waals surface area contributed by atoms with Crippen LogP contribution in [0.2, 0.25) is 0 Å². The molecule has 118 valence electrons. The monoisotopic (exact) mass is 327 g/mol. The second-order valence-electron chi connectivity index (χ2n) is 5.35. The van der Waals surface area contributed by atoms with Crippen LogP contribution in [-0.2, 0) is 15.1 Å². The lowest BCUT2D eigenvalue weighted by atomic mass is 9.82. The molecule has 23 heavy (non-hydrogen) atoms. The number of carbonyl (C=O) groups is 1. The Bertz CT molecular complexity index is 781. The molecule has 0 fully saturated rings. The molecule has 0 bridgehead atoms. The van der Waals surface area contributed by atoms with Gasteiger partial charge in [-0.05, 0) is 19.4 Å². The second-order valence-corrected chi connectivity index (χ2v) is 6.25. The minimum Gasteiger partial charge on any atom is -0.466 e. The van der Waals surface area contributed by atoms with Crippen LogP contribution in [0.15, 0.2) is 58.2 Å². The van der Waals surface area contributed by atoms with E-state index in [1.807, 2.05) is 49.6 Å². The van der Waals surface area contributed by atoms with Gasteiger partial charge in [0.15, 0.2) is 10.8 Å². The van der Waals surface area contributed by atoms with Crippen LogP contribution in [-0.4, -0.2) is 23.9 Å². The molecule has 1 atom stereocenters. The lowest BCUT2D eigenvalue weighted by Gasteiger charge is -2.33. The molecule has 2 aromatic rings. The minimum absolute atomic E-state index is 0.386.